The van der Waals surface area contributed by atoms with Crippen LogP contribution in [0.15, 0.2) is 36.4 Å². The molecular formula is C23H28FN3O. The zero-order valence-corrected chi connectivity index (χ0v) is 16.8. The molecule has 2 aromatic carbocycles. The second kappa shape index (κ2) is 8.57. The largest absolute Gasteiger partial charge is 0.398 e. The van der Waals surface area contributed by atoms with Crippen LogP contribution in [0.5, 0.6) is 0 Å². The number of hydrogen-bond donors (Lipinski definition) is 2. The second-order valence-corrected chi connectivity index (χ2v) is 6.85. The topological polar surface area (TPSA) is 64.0 Å². The molecule has 1 aliphatic rings. The van der Waals surface area contributed by atoms with Crippen molar-refractivity contribution in [3.8, 4) is 5.69 Å². The van der Waals surface area contributed by atoms with Crippen LogP contribution in [0.1, 0.15) is 49.4 Å². The van der Waals surface area contributed by atoms with Gasteiger partial charge in [-0.2, -0.15) is 0 Å². The van der Waals surface area contributed by atoms with Crippen LogP contribution >= 0.6 is 0 Å². The van der Waals surface area contributed by atoms with Crippen molar-refractivity contribution >= 4 is 22.8 Å². The van der Waals surface area contributed by atoms with Crippen LogP contribution in [-0.4, -0.2) is 24.0 Å². The van der Waals surface area contributed by atoms with Crippen LogP contribution in [0.25, 0.3) is 16.6 Å². The summed E-state index contributed by atoms with van der Waals surface area (Å²) in [6, 6.07) is 10.7. The summed E-state index contributed by atoms with van der Waals surface area (Å²) in [7, 11) is 0. The Balaban J connectivity index is 0.00000109. The van der Waals surface area contributed by atoms with Crippen molar-refractivity contribution in [3.05, 3.63) is 59.0 Å². The van der Waals surface area contributed by atoms with E-state index in [-0.39, 0.29) is 5.82 Å². The monoisotopic (exact) mass is 381 g/mol. The van der Waals surface area contributed by atoms with E-state index in [1.165, 1.54) is 24.0 Å². The molecule has 0 saturated carbocycles. The van der Waals surface area contributed by atoms with Crippen LogP contribution in [0.3, 0.4) is 0 Å². The zero-order chi connectivity index (χ0) is 20.3. The maximum Gasteiger partial charge on any atom is 0.123 e. The second-order valence-electron chi connectivity index (χ2n) is 6.85. The number of nitrogens with two attached hydrogens (primary N) is 1. The Hall–Kier alpha value is -2.66. The molecule has 148 valence electrons. The Kier molecular flexibility index (Phi) is 6.15. The Morgan fingerprint density at radius 1 is 1.14 bits per heavy atom. The quantitative estimate of drug-likeness (QED) is 0.460. The summed E-state index contributed by atoms with van der Waals surface area (Å²) < 4.78 is 21.2. The Morgan fingerprint density at radius 2 is 1.79 bits per heavy atom. The third-order valence-corrected chi connectivity index (χ3v) is 5.36. The number of fused-ring (bicyclic) bond motifs is 1. The summed E-state index contributed by atoms with van der Waals surface area (Å²) in [6.45, 7) is 7.50. The van der Waals surface area contributed by atoms with Gasteiger partial charge < -0.3 is 20.4 Å². The number of benzene rings is 2. The van der Waals surface area contributed by atoms with Crippen LogP contribution < -0.4 is 5.73 Å². The first-order valence-electron chi connectivity index (χ1n) is 9.88. The van der Waals surface area contributed by atoms with Gasteiger partial charge in [0.15, 0.2) is 0 Å². The molecule has 1 aliphatic heterocycles. The van der Waals surface area contributed by atoms with Gasteiger partial charge in [-0.15, -0.1) is 0 Å². The third-order valence-electron chi connectivity index (χ3n) is 5.36. The van der Waals surface area contributed by atoms with Crippen molar-refractivity contribution < 1.29 is 9.13 Å². The number of nitrogens with zero attached hydrogens (tertiary/aromatic N) is 1. The molecule has 0 spiro atoms. The summed E-state index contributed by atoms with van der Waals surface area (Å²) in [5.41, 5.74) is 11.7. The Labute approximate surface area is 165 Å². The first-order chi connectivity index (χ1) is 13.6. The number of aryl methyl sites for hydroxylation is 1. The lowest BCUT2D eigenvalue weighted by Crippen LogP contribution is -2.16. The predicted octanol–water partition coefficient (Wildman–Crippen LogP) is 5.58. The van der Waals surface area contributed by atoms with E-state index in [9.17, 15) is 4.39 Å². The molecule has 28 heavy (non-hydrogen) atoms. The number of hydrogen-bond acceptors (Lipinski definition) is 3. The van der Waals surface area contributed by atoms with Gasteiger partial charge in [-0.25, -0.2) is 4.39 Å². The molecule has 2 heterocycles. The highest BCUT2D eigenvalue weighted by Gasteiger charge is 2.23. The Morgan fingerprint density at radius 3 is 2.39 bits per heavy atom. The van der Waals surface area contributed by atoms with Gasteiger partial charge in [0.25, 0.3) is 0 Å². The fourth-order valence-electron chi connectivity index (χ4n) is 3.87. The third kappa shape index (κ3) is 3.54. The van der Waals surface area contributed by atoms with Gasteiger partial charge in [0.05, 0.1) is 5.52 Å². The summed E-state index contributed by atoms with van der Waals surface area (Å²) in [6.07, 6.45) is 3.21. The molecule has 5 heteroatoms. The van der Waals surface area contributed by atoms with Crippen molar-refractivity contribution in [2.45, 2.75) is 39.5 Å². The van der Waals surface area contributed by atoms with Gasteiger partial charge in [0.1, 0.15) is 5.82 Å². The first-order valence-corrected chi connectivity index (χ1v) is 9.88. The molecule has 0 amide bonds. The molecule has 4 nitrogen and oxygen atoms in total. The fourth-order valence-corrected chi connectivity index (χ4v) is 3.87. The molecule has 1 saturated heterocycles. The lowest BCUT2D eigenvalue weighted by atomic mass is 9.96. The number of aromatic nitrogens is 1. The zero-order valence-electron chi connectivity index (χ0n) is 16.8. The molecule has 3 aromatic rings. The van der Waals surface area contributed by atoms with Crippen molar-refractivity contribution in [1.29, 1.82) is 5.41 Å². The summed E-state index contributed by atoms with van der Waals surface area (Å²) >= 11 is 0. The van der Waals surface area contributed by atoms with E-state index < -0.39 is 0 Å². The number of nitrogen functional groups attached to an aromatic ring is 1. The maximum atomic E-state index is 13.5. The molecule has 0 unspecified atom stereocenters. The molecule has 1 fully saturated rings. The standard InChI is InChI=1S/C21H22FN3O.C2H6/c1-13-18-11-19(14-6-8-26-9-7-14)25(17-4-2-16(22)3-5-17)20(18)10-15(12-23)21(13)24;1-2/h2-5,10-12,14,23H,6-9,24H2,1H3;1-2H3. The number of ether oxygens (including phenoxy) is 1. The van der Waals surface area contributed by atoms with E-state index in [4.69, 9.17) is 15.9 Å². The highest BCUT2D eigenvalue weighted by molar-refractivity contribution is 5.98. The van der Waals surface area contributed by atoms with Crippen LogP contribution in [0, 0.1) is 18.2 Å². The van der Waals surface area contributed by atoms with Crippen molar-refractivity contribution in [3.63, 3.8) is 0 Å². The summed E-state index contributed by atoms with van der Waals surface area (Å²) in [5, 5.41) is 8.76. The van der Waals surface area contributed by atoms with E-state index in [0.29, 0.717) is 17.2 Å². The van der Waals surface area contributed by atoms with Gasteiger partial charge >= 0.3 is 0 Å². The van der Waals surface area contributed by atoms with Crippen LogP contribution in [-0.2, 0) is 4.74 Å². The molecular weight excluding hydrogens is 353 g/mol. The molecule has 1 aromatic heterocycles. The fraction of sp³-hybridized carbons (Fsp3) is 0.348. The van der Waals surface area contributed by atoms with Crippen molar-refractivity contribution in [2.75, 3.05) is 18.9 Å². The molecule has 3 N–H and O–H groups in total. The van der Waals surface area contributed by atoms with E-state index in [1.54, 1.807) is 12.1 Å². The molecule has 0 radical (unpaired) electrons. The minimum Gasteiger partial charge on any atom is -0.398 e. The molecule has 0 atom stereocenters. The smallest absolute Gasteiger partial charge is 0.123 e. The lowest BCUT2D eigenvalue weighted by molar-refractivity contribution is 0.0842. The maximum absolute atomic E-state index is 13.5. The highest BCUT2D eigenvalue weighted by atomic mass is 19.1. The van der Waals surface area contributed by atoms with E-state index >= 15 is 0 Å². The molecule has 4 rings (SSSR count). The SMILES string of the molecule is CC.Cc1c(N)c(C=N)cc2c1cc(C1CCOCC1)n2-c1ccc(F)cc1. The lowest BCUT2D eigenvalue weighted by Gasteiger charge is -2.24. The van der Waals surface area contributed by atoms with E-state index in [2.05, 4.69) is 10.6 Å². The highest BCUT2D eigenvalue weighted by Crippen LogP contribution is 2.37. The van der Waals surface area contributed by atoms with Gasteiger partial charge in [0, 0.05) is 53.4 Å². The minimum atomic E-state index is -0.251. The van der Waals surface area contributed by atoms with Gasteiger partial charge in [0.2, 0.25) is 0 Å². The summed E-state index contributed by atoms with van der Waals surface area (Å²) in [5.74, 6) is 0.128. The van der Waals surface area contributed by atoms with Gasteiger partial charge in [-0.3, -0.25) is 0 Å². The van der Waals surface area contributed by atoms with Crippen LogP contribution in [0.4, 0.5) is 10.1 Å². The number of nitrogens with one attached hydrogen (secondary N) is 1. The number of rotatable bonds is 3. The first kappa shape index (κ1) is 20.1. The van der Waals surface area contributed by atoms with E-state index in [0.717, 1.165) is 48.2 Å². The van der Waals surface area contributed by atoms with Crippen LogP contribution in [0.2, 0.25) is 0 Å². The number of anilines is 1. The average Bonchev–Trinajstić information content (AvgIpc) is 3.13. The number of halogens is 1. The molecule has 0 bridgehead atoms. The average molecular weight is 381 g/mol. The summed E-state index contributed by atoms with van der Waals surface area (Å²) in [4.78, 5) is 0. The van der Waals surface area contributed by atoms with Crippen molar-refractivity contribution in [1.82, 2.24) is 4.57 Å². The predicted molar refractivity (Wildman–Crippen MR) is 114 cm³/mol. The van der Waals surface area contributed by atoms with E-state index in [1.807, 2.05) is 26.8 Å². The Bertz CT molecular complexity index is 970. The minimum absolute atomic E-state index is 0.251. The van der Waals surface area contributed by atoms with Crippen molar-refractivity contribution in [2.24, 2.45) is 0 Å². The van der Waals surface area contributed by atoms with Gasteiger partial charge in [-0.1, -0.05) is 13.8 Å². The normalized spacial score (nSPS) is 14.6. The van der Waals surface area contributed by atoms with Gasteiger partial charge in [-0.05, 0) is 61.7 Å². The molecule has 0 aliphatic carbocycles.